The smallest absolute Gasteiger partial charge is 0.0561 e. The summed E-state index contributed by atoms with van der Waals surface area (Å²) in [6.07, 6.45) is 0. The number of hydrogen-bond acceptors (Lipinski definition) is 1. The van der Waals surface area contributed by atoms with Gasteiger partial charge in [0.25, 0.3) is 0 Å². The minimum absolute atomic E-state index is 1.10. The maximum atomic E-state index is 2.40. The van der Waals surface area contributed by atoms with Gasteiger partial charge in [-0.3, -0.25) is 0 Å². The number of rotatable bonds is 6. The molecule has 8 aromatic carbocycles. The molecule has 10 aromatic rings. The average molecular weight is 652 g/mol. The predicted octanol–water partition coefficient (Wildman–Crippen LogP) is 13.0. The fourth-order valence-electron chi connectivity index (χ4n) is 7.89. The van der Waals surface area contributed by atoms with Gasteiger partial charge in [-0.25, -0.2) is 0 Å². The van der Waals surface area contributed by atoms with Crippen molar-refractivity contribution in [2.24, 2.45) is 0 Å². The summed E-state index contributed by atoms with van der Waals surface area (Å²) in [5.74, 6) is 0. The van der Waals surface area contributed by atoms with Gasteiger partial charge in [0.05, 0.1) is 22.1 Å². The van der Waals surface area contributed by atoms with E-state index in [1.165, 1.54) is 54.7 Å². The first kappa shape index (κ1) is 29.1. The van der Waals surface area contributed by atoms with Crippen LogP contribution < -0.4 is 4.90 Å². The number of nitrogens with zero attached hydrogens (tertiary/aromatic N) is 3. The summed E-state index contributed by atoms with van der Waals surface area (Å²) < 4.78 is 4.79. The van der Waals surface area contributed by atoms with Crippen molar-refractivity contribution in [3.8, 4) is 22.5 Å². The molecule has 2 aromatic heterocycles. The maximum Gasteiger partial charge on any atom is 0.0561 e. The zero-order valence-electron chi connectivity index (χ0n) is 27.9. The monoisotopic (exact) mass is 651 g/mol. The van der Waals surface area contributed by atoms with Crippen molar-refractivity contribution >= 4 is 60.7 Å². The summed E-state index contributed by atoms with van der Waals surface area (Å²) in [5.41, 5.74) is 12.8. The van der Waals surface area contributed by atoms with Crippen LogP contribution in [0.5, 0.6) is 0 Å². The van der Waals surface area contributed by atoms with E-state index in [9.17, 15) is 0 Å². The summed E-state index contributed by atoms with van der Waals surface area (Å²) in [4.78, 5) is 2.39. The van der Waals surface area contributed by atoms with E-state index in [1.54, 1.807) is 0 Å². The molecule has 0 aliphatic heterocycles. The van der Waals surface area contributed by atoms with Gasteiger partial charge in [-0.1, -0.05) is 121 Å². The average Bonchev–Trinajstić information content (AvgIpc) is 3.72. The molecule has 3 nitrogen and oxygen atoms in total. The van der Waals surface area contributed by atoms with Crippen LogP contribution in [0.3, 0.4) is 0 Å². The van der Waals surface area contributed by atoms with E-state index in [4.69, 9.17) is 0 Å². The standard InChI is InChI=1S/C48H33N3/c1-5-16-34(17-6-1)40-25-15-27-46-48(40)43-32-38(29-31-45(43)50(46)36-20-9-3-10-21-36)49(35-18-7-2-8-19-35)39-28-30-42-41-24-13-14-26-44(41)51(47(42)33-39)37-22-11-4-12-23-37/h1-33H. The lowest BCUT2D eigenvalue weighted by molar-refractivity contribution is 1.17. The molecule has 51 heavy (non-hydrogen) atoms. The highest BCUT2D eigenvalue weighted by molar-refractivity contribution is 6.17. The van der Waals surface area contributed by atoms with Crippen LogP contribution in [0.1, 0.15) is 0 Å². The molecular formula is C48H33N3. The molecule has 3 heteroatoms. The van der Waals surface area contributed by atoms with Crippen molar-refractivity contribution in [3.05, 3.63) is 200 Å². The molecule has 0 radical (unpaired) electrons. The maximum absolute atomic E-state index is 2.40. The van der Waals surface area contributed by atoms with Gasteiger partial charge in [0, 0.05) is 50.0 Å². The first-order valence-electron chi connectivity index (χ1n) is 17.5. The van der Waals surface area contributed by atoms with Crippen molar-refractivity contribution in [2.45, 2.75) is 0 Å². The van der Waals surface area contributed by atoms with E-state index < -0.39 is 0 Å². The highest BCUT2D eigenvalue weighted by atomic mass is 15.1. The minimum atomic E-state index is 1.10. The zero-order chi connectivity index (χ0) is 33.7. The Morgan fingerprint density at radius 2 is 0.843 bits per heavy atom. The molecule has 0 bridgehead atoms. The minimum Gasteiger partial charge on any atom is -0.310 e. The Morgan fingerprint density at radius 1 is 0.314 bits per heavy atom. The number of hydrogen-bond donors (Lipinski definition) is 0. The van der Waals surface area contributed by atoms with Crippen LogP contribution in [0, 0.1) is 0 Å². The lowest BCUT2D eigenvalue weighted by Gasteiger charge is -2.26. The zero-order valence-corrected chi connectivity index (χ0v) is 27.9. The largest absolute Gasteiger partial charge is 0.310 e. The van der Waals surface area contributed by atoms with Crippen LogP contribution in [0.25, 0.3) is 66.1 Å². The van der Waals surface area contributed by atoms with Crippen molar-refractivity contribution in [1.82, 2.24) is 9.13 Å². The molecule has 0 unspecified atom stereocenters. The Balaban J connectivity index is 1.25. The summed E-state index contributed by atoms with van der Waals surface area (Å²) >= 11 is 0. The van der Waals surface area contributed by atoms with Crippen LogP contribution in [0.2, 0.25) is 0 Å². The number of benzene rings is 8. The van der Waals surface area contributed by atoms with Crippen LogP contribution in [-0.4, -0.2) is 9.13 Å². The second-order valence-electron chi connectivity index (χ2n) is 13.0. The van der Waals surface area contributed by atoms with Gasteiger partial charge in [0.15, 0.2) is 0 Å². The molecule has 240 valence electrons. The first-order valence-corrected chi connectivity index (χ1v) is 17.5. The number of para-hydroxylation sites is 4. The molecular weight excluding hydrogens is 619 g/mol. The summed E-state index contributed by atoms with van der Waals surface area (Å²) in [5, 5.41) is 4.95. The Bertz CT molecular complexity index is 2830. The summed E-state index contributed by atoms with van der Waals surface area (Å²) in [7, 11) is 0. The van der Waals surface area contributed by atoms with Crippen LogP contribution >= 0.6 is 0 Å². The third kappa shape index (κ3) is 4.74. The van der Waals surface area contributed by atoms with Crippen LogP contribution in [-0.2, 0) is 0 Å². The van der Waals surface area contributed by atoms with Gasteiger partial charge in [0.2, 0.25) is 0 Å². The molecule has 0 saturated carbocycles. The van der Waals surface area contributed by atoms with Crippen molar-refractivity contribution in [3.63, 3.8) is 0 Å². The lowest BCUT2D eigenvalue weighted by Crippen LogP contribution is -2.10. The second-order valence-corrected chi connectivity index (χ2v) is 13.0. The molecule has 0 amide bonds. The van der Waals surface area contributed by atoms with Gasteiger partial charge in [-0.2, -0.15) is 0 Å². The van der Waals surface area contributed by atoms with E-state index in [1.807, 2.05) is 0 Å². The normalized spacial score (nSPS) is 11.5. The number of fused-ring (bicyclic) bond motifs is 6. The topological polar surface area (TPSA) is 13.1 Å². The van der Waals surface area contributed by atoms with Crippen molar-refractivity contribution in [2.75, 3.05) is 4.90 Å². The summed E-state index contributed by atoms with van der Waals surface area (Å²) in [6, 6.07) is 72.1. The third-order valence-corrected chi connectivity index (χ3v) is 10.1. The fourth-order valence-corrected chi connectivity index (χ4v) is 7.89. The van der Waals surface area contributed by atoms with Gasteiger partial charge in [-0.05, 0) is 90.0 Å². The van der Waals surface area contributed by atoms with Crippen LogP contribution in [0.15, 0.2) is 200 Å². The Morgan fingerprint density at radius 3 is 1.57 bits per heavy atom. The highest BCUT2D eigenvalue weighted by Gasteiger charge is 2.21. The van der Waals surface area contributed by atoms with E-state index in [0.29, 0.717) is 0 Å². The molecule has 0 spiro atoms. The molecule has 0 N–H and O–H groups in total. The molecule has 0 atom stereocenters. The van der Waals surface area contributed by atoms with E-state index in [0.717, 1.165) is 28.4 Å². The summed E-state index contributed by atoms with van der Waals surface area (Å²) in [6.45, 7) is 0. The Labute approximate surface area is 296 Å². The number of anilines is 3. The Hall–Kier alpha value is -6.84. The fraction of sp³-hybridized carbons (Fsp3) is 0. The van der Waals surface area contributed by atoms with Crippen molar-refractivity contribution in [1.29, 1.82) is 0 Å². The van der Waals surface area contributed by atoms with Crippen LogP contribution in [0.4, 0.5) is 17.1 Å². The lowest BCUT2D eigenvalue weighted by atomic mass is 9.99. The van der Waals surface area contributed by atoms with Gasteiger partial charge in [-0.15, -0.1) is 0 Å². The molecule has 0 aliphatic carbocycles. The highest BCUT2D eigenvalue weighted by Crippen LogP contribution is 2.44. The van der Waals surface area contributed by atoms with E-state index in [-0.39, 0.29) is 0 Å². The molecule has 2 heterocycles. The molecule has 10 rings (SSSR count). The SMILES string of the molecule is c1ccc(-c2cccc3c2c2cc(N(c4ccccc4)c4ccc5c6ccccc6n(-c6ccccc6)c5c4)ccc2n3-c2ccccc2)cc1. The van der Waals surface area contributed by atoms with Gasteiger partial charge >= 0.3 is 0 Å². The van der Waals surface area contributed by atoms with E-state index in [2.05, 4.69) is 214 Å². The third-order valence-electron chi connectivity index (χ3n) is 10.1. The first-order chi connectivity index (χ1) is 25.3. The van der Waals surface area contributed by atoms with E-state index >= 15 is 0 Å². The van der Waals surface area contributed by atoms with Gasteiger partial charge in [0.1, 0.15) is 0 Å². The number of aromatic nitrogens is 2. The second kappa shape index (κ2) is 11.9. The molecule has 0 saturated heterocycles. The Kier molecular flexibility index (Phi) is 6.81. The molecule has 0 aliphatic rings. The quantitative estimate of drug-likeness (QED) is 0.174. The molecule has 0 fully saturated rings. The predicted molar refractivity (Wildman–Crippen MR) is 215 cm³/mol. The van der Waals surface area contributed by atoms with Crippen molar-refractivity contribution < 1.29 is 0 Å². The van der Waals surface area contributed by atoms with Gasteiger partial charge < -0.3 is 14.0 Å².